The molecule has 5 heteroatoms. The van der Waals surface area contributed by atoms with E-state index in [2.05, 4.69) is 31.0 Å². The Morgan fingerprint density at radius 2 is 2.11 bits per heavy atom. The summed E-state index contributed by atoms with van der Waals surface area (Å²) in [5, 5.41) is 4.58. The maximum Gasteiger partial charge on any atom is 0.185 e. The summed E-state index contributed by atoms with van der Waals surface area (Å²) in [5.74, 6) is 0. The van der Waals surface area contributed by atoms with Gasteiger partial charge in [-0.15, -0.1) is 11.3 Å². The first-order chi connectivity index (χ1) is 9.26. The molecule has 1 N–H and O–H groups in total. The van der Waals surface area contributed by atoms with Crippen molar-refractivity contribution in [2.75, 3.05) is 38.3 Å². The molecule has 0 saturated heterocycles. The lowest BCUT2D eigenvalue weighted by Crippen LogP contribution is -2.23. The van der Waals surface area contributed by atoms with Gasteiger partial charge in [0.15, 0.2) is 5.13 Å². The molecule has 1 heterocycles. The minimum absolute atomic E-state index is 0.754. The second kappa shape index (κ2) is 9.28. The van der Waals surface area contributed by atoms with Crippen molar-refractivity contribution in [3.05, 3.63) is 10.6 Å². The molecule has 0 amide bonds. The van der Waals surface area contributed by atoms with E-state index in [4.69, 9.17) is 9.72 Å². The van der Waals surface area contributed by atoms with Crippen LogP contribution in [0.5, 0.6) is 0 Å². The molecule has 19 heavy (non-hydrogen) atoms. The summed E-state index contributed by atoms with van der Waals surface area (Å²) in [5.41, 5.74) is 1.24. The molecule has 0 unspecified atom stereocenters. The van der Waals surface area contributed by atoms with Crippen molar-refractivity contribution < 1.29 is 4.74 Å². The van der Waals surface area contributed by atoms with Gasteiger partial charge < -0.3 is 15.0 Å². The highest BCUT2D eigenvalue weighted by molar-refractivity contribution is 7.15. The lowest BCUT2D eigenvalue weighted by atomic mass is 10.3. The van der Waals surface area contributed by atoms with E-state index in [0.717, 1.165) is 45.6 Å². The van der Waals surface area contributed by atoms with Crippen LogP contribution in [0.1, 0.15) is 37.8 Å². The number of hydrogen-bond donors (Lipinski definition) is 1. The third kappa shape index (κ3) is 5.09. The summed E-state index contributed by atoms with van der Waals surface area (Å²) in [6, 6.07) is 0. The van der Waals surface area contributed by atoms with Gasteiger partial charge in [0.05, 0.1) is 12.3 Å². The van der Waals surface area contributed by atoms with Gasteiger partial charge in [0, 0.05) is 38.2 Å². The van der Waals surface area contributed by atoms with Crippen molar-refractivity contribution in [1.29, 1.82) is 0 Å². The second-order valence-corrected chi connectivity index (χ2v) is 5.53. The number of hydrogen-bond acceptors (Lipinski definition) is 5. The Labute approximate surface area is 121 Å². The summed E-state index contributed by atoms with van der Waals surface area (Å²) in [7, 11) is 1.73. The highest BCUT2D eigenvalue weighted by atomic mass is 32.1. The average Bonchev–Trinajstić information content (AvgIpc) is 2.84. The number of thiazole rings is 1. The molecule has 0 radical (unpaired) electrons. The Hall–Kier alpha value is -0.650. The minimum Gasteiger partial charge on any atom is -0.383 e. The molecule has 1 aromatic heterocycles. The van der Waals surface area contributed by atoms with Crippen LogP contribution in [0, 0.1) is 0 Å². The Kier molecular flexibility index (Phi) is 8.02. The lowest BCUT2D eigenvalue weighted by molar-refractivity contribution is 0.199. The summed E-state index contributed by atoms with van der Waals surface area (Å²) in [6.07, 6.45) is 2.16. The highest BCUT2D eigenvalue weighted by Gasteiger charge is 2.13. The monoisotopic (exact) mass is 285 g/mol. The van der Waals surface area contributed by atoms with Gasteiger partial charge in [0.25, 0.3) is 0 Å². The van der Waals surface area contributed by atoms with Crippen LogP contribution in [0.15, 0.2) is 0 Å². The van der Waals surface area contributed by atoms with Crippen LogP contribution in [0.3, 0.4) is 0 Å². The number of methoxy groups -OCH3 is 1. The van der Waals surface area contributed by atoms with Gasteiger partial charge in [0.1, 0.15) is 0 Å². The Morgan fingerprint density at radius 1 is 1.32 bits per heavy atom. The molecule has 110 valence electrons. The van der Waals surface area contributed by atoms with E-state index < -0.39 is 0 Å². The van der Waals surface area contributed by atoms with Crippen LogP contribution in [0.25, 0.3) is 0 Å². The fourth-order valence-electron chi connectivity index (χ4n) is 1.95. The fourth-order valence-corrected chi connectivity index (χ4v) is 3.16. The maximum absolute atomic E-state index is 5.05. The number of nitrogens with zero attached hydrogens (tertiary/aromatic N) is 2. The number of anilines is 1. The molecule has 0 bridgehead atoms. The van der Waals surface area contributed by atoms with Crippen LogP contribution >= 0.6 is 11.3 Å². The van der Waals surface area contributed by atoms with Crippen molar-refractivity contribution in [2.24, 2.45) is 0 Å². The zero-order valence-corrected chi connectivity index (χ0v) is 13.5. The molecular weight excluding hydrogens is 258 g/mol. The molecule has 0 aromatic carbocycles. The largest absolute Gasteiger partial charge is 0.383 e. The number of aromatic nitrogens is 1. The number of nitrogens with one attached hydrogen (secondary N) is 1. The van der Waals surface area contributed by atoms with Crippen molar-refractivity contribution in [3.63, 3.8) is 0 Å². The first-order valence-corrected chi connectivity index (χ1v) is 8.01. The average molecular weight is 285 g/mol. The van der Waals surface area contributed by atoms with E-state index >= 15 is 0 Å². The molecule has 0 fully saturated rings. The number of aryl methyl sites for hydroxylation is 1. The molecular formula is C14H27N3OS. The van der Waals surface area contributed by atoms with Gasteiger partial charge in [0.2, 0.25) is 0 Å². The molecule has 4 nitrogen and oxygen atoms in total. The van der Waals surface area contributed by atoms with Gasteiger partial charge in [-0.05, 0) is 19.8 Å². The van der Waals surface area contributed by atoms with Crippen molar-refractivity contribution >= 4 is 16.5 Å². The molecule has 0 aliphatic heterocycles. The quantitative estimate of drug-likeness (QED) is 0.671. The van der Waals surface area contributed by atoms with E-state index in [1.165, 1.54) is 15.7 Å². The molecule has 0 spiro atoms. The van der Waals surface area contributed by atoms with Gasteiger partial charge in [-0.1, -0.05) is 13.8 Å². The second-order valence-electron chi connectivity index (χ2n) is 4.47. The van der Waals surface area contributed by atoms with Gasteiger partial charge in [-0.2, -0.15) is 0 Å². The third-order valence-corrected chi connectivity index (χ3v) is 4.17. The van der Waals surface area contributed by atoms with Gasteiger partial charge in [-0.3, -0.25) is 0 Å². The summed E-state index contributed by atoms with van der Waals surface area (Å²) in [4.78, 5) is 8.52. The van der Waals surface area contributed by atoms with Crippen LogP contribution in [-0.2, 0) is 17.7 Å². The maximum atomic E-state index is 5.05. The Bertz CT molecular complexity index is 354. The molecule has 0 saturated carbocycles. The zero-order chi connectivity index (χ0) is 14.1. The van der Waals surface area contributed by atoms with Crippen LogP contribution < -0.4 is 10.2 Å². The summed E-state index contributed by atoms with van der Waals surface area (Å²) >= 11 is 1.83. The number of ether oxygens (including phenoxy) is 1. The zero-order valence-electron chi connectivity index (χ0n) is 12.7. The van der Waals surface area contributed by atoms with E-state index in [0.29, 0.717) is 0 Å². The van der Waals surface area contributed by atoms with Crippen LogP contribution in [0.4, 0.5) is 5.13 Å². The summed E-state index contributed by atoms with van der Waals surface area (Å²) in [6.45, 7) is 11.2. The third-order valence-electron chi connectivity index (χ3n) is 3.02. The molecule has 0 atom stereocenters. The lowest BCUT2D eigenvalue weighted by Gasteiger charge is -2.18. The first kappa shape index (κ1) is 16.4. The first-order valence-electron chi connectivity index (χ1n) is 7.19. The van der Waals surface area contributed by atoms with E-state index in [-0.39, 0.29) is 0 Å². The van der Waals surface area contributed by atoms with Crippen molar-refractivity contribution in [2.45, 2.75) is 40.2 Å². The predicted molar refractivity (Wildman–Crippen MR) is 83.3 cm³/mol. The highest BCUT2D eigenvalue weighted by Crippen LogP contribution is 2.26. The Balaban J connectivity index is 2.67. The standard InChI is InChI=1S/C14H27N3OS/c1-5-9-17(7-3)14-16-12(6-2)13(19-14)11-15-8-10-18-4/h15H,5-11H2,1-4H3. The minimum atomic E-state index is 0.754. The predicted octanol–water partition coefficient (Wildman–Crippen LogP) is 2.68. The number of rotatable bonds is 10. The van der Waals surface area contributed by atoms with Crippen LogP contribution in [0.2, 0.25) is 0 Å². The molecule has 0 aliphatic rings. The fraction of sp³-hybridized carbons (Fsp3) is 0.786. The molecule has 1 rings (SSSR count). The smallest absolute Gasteiger partial charge is 0.185 e. The van der Waals surface area contributed by atoms with Gasteiger partial charge >= 0.3 is 0 Å². The molecule has 0 aliphatic carbocycles. The normalized spacial score (nSPS) is 10.9. The van der Waals surface area contributed by atoms with Crippen LogP contribution in [-0.4, -0.2) is 38.3 Å². The summed E-state index contributed by atoms with van der Waals surface area (Å²) < 4.78 is 5.05. The van der Waals surface area contributed by atoms with Crippen molar-refractivity contribution in [1.82, 2.24) is 10.3 Å². The SMILES string of the molecule is CCCN(CC)c1nc(CC)c(CNCCOC)s1. The topological polar surface area (TPSA) is 37.4 Å². The molecule has 1 aromatic rings. The van der Waals surface area contributed by atoms with Crippen molar-refractivity contribution in [3.8, 4) is 0 Å². The Morgan fingerprint density at radius 3 is 2.68 bits per heavy atom. The van der Waals surface area contributed by atoms with Gasteiger partial charge in [-0.25, -0.2) is 4.98 Å². The van der Waals surface area contributed by atoms with E-state index in [1.807, 2.05) is 11.3 Å². The van der Waals surface area contributed by atoms with E-state index in [9.17, 15) is 0 Å². The van der Waals surface area contributed by atoms with E-state index in [1.54, 1.807) is 7.11 Å².